The van der Waals surface area contributed by atoms with E-state index in [1.807, 2.05) is 0 Å². The van der Waals surface area contributed by atoms with Crippen LogP contribution in [0.15, 0.2) is 58.3 Å². The number of nitrogens with one attached hydrogen (secondary N) is 1. The minimum absolute atomic E-state index is 0.0890. The summed E-state index contributed by atoms with van der Waals surface area (Å²) >= 11 is 0. The number of sulfone groups is 1. The maximum absolute atomic E-state index is 12.4. The second-order valence-corrected chi connectivity index (χ2v) is 7.68. The Morgan fingerprint density at radius 1 is 0.905 bits per heavy atom. The van der Waals surface area contributed by atoms with E-state index in [0.717, 1.165) is 0 Å². The summed E-state index contributed by atoms with van der Waals surface area (Å²) in [7, 11) is -7.53. The smallest absolute Gasteiger partial charge is 0.271 e. The Kier molecular flexibility index (Phi) is 4.04. The Balaban J connectivity index is 2.46. The van der Waals surface area contributed by atoms with Crippen LogP contribution < -0.4 is 9.86 Å². The first-order valence-electron chi connectivity index (χ1n) is 5.91. The number of anilines is 1. The van der Waals surface area contributed by atoms with E-state index >= 15 is 0 Å². The topological polar surface area (TPSA) is 106 Å². The van der Waals surface area contributed by atoms with E-state index in [-0.39, 0.29) is 15.5 Å². The average Bonchev–Trinajstić information content (AvgIpc) is 2.40. The molecule has 3 N–H and O–H groups in total. The summed E-state index contributed by atoms with van der Waals surface area (Å²) in [6.45, 7) is 1.59. The molecule has 0 aliphatic rings. The largest absolute Gasteiger partial charge is 0.296 e. The Hall–Kier alpha value is -1.90. The molecule has 112 valence electrons. The molecule has 2 rings (SSSR count). The van der Waals surface area contributed by atoms with Crippen molar-refractivity contribution in [3.05, 3.63) is 54.1 Å². The minimum atomic E-state index is -3.90. The van der Waals surface area contributed by atoms with E-state index in [2.05, 4.69) is 4.72 Å². The molecule has 2 aromatic rings. The lowest BCUT2D eigenvalue weighted by molar-refractivity contribution is 0.596. The van der Waals surface area contributed by atoms with Crippen molar-refractivity contribution in [3.8, 4) is 0 Å². The summed E-state index contributed by atoms with van der Waals surface area (Å²) in [6, 6.07) is 12.1. The molecule has 0 saturated heterocycles. The maximum Gasteiger partial charge on any atom is 0.296 e. The molecule has 0 fully saturated rings. The fourth-order valence-corrected chi connectivity index (χ4v) is 3.71. The van der Waals surface area contributed by atoms with Crippen LogP contribution in [0.2, 0.25) is 0 Å². The lowest BCUT2D eigenvalue weighted by atomic mass is 10.2. The third-order valence-electron chi connectivity index (χ3n) is 2.81. The first kappa shape index (κ1) is 15.5. The highest BCUT2D eigenvalue weighted by atomic mass is 32.2. The fourth-order valence-electron chi connectivity index (χ4n) is 1.81. The van der Waals surface area contributed by atoms with Crippen LogP contribution in [-0.2, 0) is 20.0 Å². The van der Waals surface area contributed by atoms with Gasteiger partial charge >= 0.3 is 0 Å². The van der Waals surface area contributed by atoms with Gasteiger partial charge in [-0.2, -0.15) is 8.42 Å². The highest BCUT2D eigenvalue weighted by Crippen LogP contribution is 2.25. The highest BCUT2D eigenvalue weighted by molar-refractivity contribution is 7.91. The van der Waals surface area contributed by atoms with E-state index in [0.29, 0.717) is 5.56 Å². The van der Waals surface area contributed by atoms with Crippen LogP contribution in [0.4, 0.5) is 5.69 Å². The maximum atomic E-state index is 12.4. The molecule has 6 nitrogen and oxygen atoms in total. The predicted octanol–water partition coefficient (Wildman–Crippen LogP) is 1.44. The van der Waals surface area contributed by atoms with Crippen molar-refractivity contribution in [2.75, 3.05) is 4.72 Å². The molecule has 0 heterocycles. The molecule has 0 radical (unpaired) electrons. The molecule has 0 saturated carbocycles. The second kappa shape index (κ2) is 5.47. The molecule has 0 bridgehead atoms. The molecule has 0 unspecified atom stereocenters. The molecule has 21 heavy (non-hydrogen) atoms. The molecule has 8 heteroatoms. The molecule has 0 aromatic heterocycles. The van der Waals surface area contributed by atoms with E-state index < -0.39 is 20.0 Å². The van der Waals surface area contributed by atoms with Crippen molar-refractivity contribution in [2.24, 2.45) is 5.14 Å². The summed E-state index contributed by atoms with van der Waals surface area (Å²) in [4.78, 5) is 0.266. The van der Waals surface area contributed by atoms with Gasteiger partial charge in [-0.15, -0.1) is 0 Å². The Labute approximate surface area is 123 Å². The van der Waals surface area contributed by atoms with Gasteiger partial charge in [-0.05, 0) is 42.8 Å². The third-order valence-corrected chi connectivity index (χ3v) is 5.09. The molecular weight excluding hydrogens is 312 g/mol. The molecule has 0 aliphatic carbocycles. The SMILES string of the molecule is Cc1cc(S(=O)(=O)c2ccccc2)ccc1NS(N)(=O)=O. The van der Waals surface area contributed by atoms with Crippen LogP contribution >= 0.6 is 0 Å². The predicted molar refractivity (Wildman–Crippen MR) is 79.8 cm³/mol. The first-order chi connectivity index (χ1) is 9.70. The zero-order valence-corrected chi connectivity index (χ0v) is 12.8. The van der Waals surface area contributed by atoms with Gasteiger partial charge in [0.2, 0.25) is 9.84 Å². The Morgan fingerprint density at radius 3 is 2.05 bits per heavy atom. The van der Waals surface area contributed by atoms with E-state index in [1.165, 1.54) is 30.3 Å². The van der Waals surface area contributed by atoms with Gasteiger partial charge in [0.25, 0.3) is 10.2 Å². The lowest BCUT2D eigenvalue weighted by Gasteiger charge is -2.10. The zero-order valence-electron chi connectivity index (χ0n) is 11.1. The lowest BCUT2D eigenvalue weighted by Crippen LogP contribution is -2.22. The highest BCUT2D eigenvalue weighted by Gasteiger charge is 2.18. The summed E-state index contributed by atoms with van der Waals surface area (Å²) in [5.41, 5.74) is 0.700. The molecular formula is C13H14N2O4S2. The summed E-state index contributed by atoms with van der Waals surface area (Å²) in [5.74, 6) is 0. The van der Waals surface area contributed by atoms with Crippen molar-refractivity contribution >= 4 is 25.7 Å². The van der Waals surface area contributed by atoms with Gasteiger partial charge < -0.3 is 0 Å². The van der Waals surface area contributed by atoms with Crippen LogP contribution in [0.25, 0.3) is 0 Å². The number of benzene rings is 2. The van der Waals surface area contributed by atoms with E-state index in [1.54, 1.807) is 25.1 Å². The molecule has 0 atom stereocenters. The number of aryl methyl sites for hydroxylation is 1. The van der Waals surface area contributed by atoms with E-state index in [4.69, 9.17) is 5.14 Å². The van der Waals surface area contributed by atoms with Crippen LogP contribution in [0.1, 0.15) is 5.56 Å². The van der Waals surface area contributed by atoms with Crippen LogP contribution in [-0.4, -0.2) is 16.8 Å². The van der Waals surface area contributed by atoms with Crippen LogP contribution in [0.5, 0.6) is 0 Å². The normalized spacial score (nSPS) is 12.1. The van der Waals surface area contributed by atoms with Crippen molar-refractivity contribution in [3.63, 3.8) is 0 Å². The zero-order chi connectivity index (χ0) is 15.7. The summed E-state index contributed by atoms with van der Waals surface area (Å²) in [6.07, 6.45) is 0. The van der Waals surface area contributed by atoms with Gasteiger partial charge in [-0.1, -0.05) is 18.2 Å². The van der Waals surface area contributed by atoms with Gasteiger partial charge in [0.05, 0.1) is 15.5 Å². The standard InChI is InChI=1S/C13H14N2O4S2/c1-10-9-12(7-8-13(10)15-21(14,18)19)20(16,17)11-5-3-2-4-6-11/h2-9,15H,1H3,(H2,14,18,19). The van der Waals surface area contributed by atoms with Crippen LogP contribution in [0.3, 0.4) is 0 Å². The number of nitrogens with two attached hydrogens (primary N) is 1. The monoisotopic (exact) mass is 326 g/mol. The van der Waals surface area contributed by atoms with E-state index in [9.17, 15) is 16.8 Å². The third kappa shape index (κ3) is 3.60. The summed E-state index contributed by atoms with van der Waals surface area (Å²) < 4.78 is 49.0. The first-order valence-corrected chi connectivity index (χ1v) is 8.94. The minimum Gasteiger partial charge on any atom is -0.271 e. The van der Waals surface area contributed by atoms with Gasteiger partial charge in [-0.25, -0.2) is 13.6 Å². The molecule has 0 spiro atoms. The van der Waals surface area contributed by atoms with Gasteiger partial charge in [-0.3, -0.25) is 4.72 Å². The van der Waals surface area contributed by atoms with Crippen LogP contribution in [0, 0.1) is 6.92 Å². The second-order valence-electron chi connectivity index (χ2n) is 4.44. The molecule has 0 amide bonds. The number of hydrogen-bond donors (Lipinski definition) is 2. The van der Waals surface area contributed by atoms with Crippen molar-refractivity contribution in [1.29, 1.82) is 0 Å². The average molecular weight is 326 g/mol. The van der Waals surface area contributed by atoms with Gasteiger partial charge in [0, 0.05) is 0 Å². The summed E-state index contributed by atoms with van der Waals surface area (Å²) in [5, 5.41) is 4.89. The number of hydrogen-bond acceptors (Lipinski definition) is 4. The molecule has 0 aliphatic heterocycles. The fraction of sp³-hybridized carbons (Fsp3) is 0.0769. The Bertz CT molecular complexity index is 860. The number of rotatable bonds is 4. The van der Waals surface area contributed by atoms with Gasteiger partial charge in [0.15, 0.2) is 0 Å². The Morgan fingerprint density at radius 2 is 1.52 bits per heavy atom. The molecule has 2 aromatic carbocycles. The van der Waals surface area contributed by atoms with Crippen molar-refractivity contribution in [1.82, 2.24) is 0 Å². The quantitative estimate of drug-likeness (QED) is 0.886. The van der Waals surface area contributed by atoms with Crippen molar-refractivity contribution in [2.45, 2.75) is 16.7 Å². The van der Waals surface area contributed by atoms with Gasteiger partial charge in [0.1, 0.15) is 0 Å². The van der Waals surface area contributed by atoms with Crippen molar-refractivity contribution < 1.29 is 16.8 Å².